The van der Waals surface area contributed by atoms with Crippen LogP contribution in [-0.2, 0) is 6.54 Å². The zero-order valence-corrected chi connectivity index (χ0v) is 10.2. The van der Waals surface area contributed by atoms with E-state index in [1.165, 1.54) is 24.3 Å². The molecule has 7 heteroatoms. The third-order valence-corrected chi connectivity index (χ3v) is 2.55. The highest BCUT2D eigenvalue weighted by Crippen LogP contribution is 2.26. The van der Waals surface area contributed by atoms with Gasteiger partial charge in [-0.1, -0.05) is 0 Å². The van der Waals surface area contributed by atoms with Crippen molar-refractivity contribution in [1.82, 2.24) is 0 Å². The van der Waals surface area contributed by atoms with Crippen LogP contribution in [0.25, 0.3) is 0 Å². The number of rotatable bonds is 4. The Balaban J connectivity index is 2.19. The molecule has 1 N–H and O–H groups in total. The number of anilines is 1. The molecule has 1 aromatic carbocycles. The minimum Gasteiger partial charge on any atom is -0.449 e. The van der Waals surface area contributed by atoms with Crippen LogP contribution in [0, 0.1) is 32.8 Å². The zero-order chi connectivity index (χ0) is 14.5. The van der Waals surface area contributed by atoms with Gasteiger partial charge >= 0.3 is 0 Å². The maximum Gasteiger partial charge on any atom is 0.293 e. The largest absolute Gasteiger partial charge is 0.449 e. The highest BCUT2D eigenvalue weighted by atomic mass is 16.6. The van der Waals surface area contributed by atoms with Crippen molar-refractivity contribution in [3.8, 4) is 12.1 Å². The summed E-state index contributed by atoms with van der Waals surface area (Å²) in [6.45, 7) is 0.203. The highest BCUT2D eigenvalue weighted by molar-refractivity contribution is 5.64. The lowest BCUT2D eigenvalue weighted by molar-refractivity contribution is -0.384. The second-order valence-corrected chi connectivity index (χ2v) is 3.83. The molecule has 0 aliphatic rings. The molecule has 0 aliphatic heterocycles. The molecule has 1 aromatic heterocycles. The van der Waals surface area contributed by atoms with Crippen LogP contribution in [-0.4, -0.2) is 4.92 Å². The summed E-state index contributed by atoms with van der Waals surface area (Å²) in [5, 5.41) is 31.1. The van der Waals surface area contributed by atoms with Gasteiger partial charge in [0.25, 0.3) is 5.69 Å². The third-order valence-electron chi connectivity index (χ3n) is 2.55. The molecular weight excluding hydrogens is 260 g/mol. The van der Waals surface area contributed by atoms with Gasteiger partial charge in [0, 0.05) is 6.07 Å². The van der Waals surface area contributed by atoms with E-state index in [1.54, 1.807) is 6.07 Å². The van der Waals surface area contributed by atoms with Crippen molar-refractivity contribution in [3.63, 3.8) is 0 Å². The number of nitrogens with zero attached hydrogens (tertiary/aromatic N) is 3. The molecule has 0 radical (unpaired) electrons. The Bertz CT molecular complexity index is 737. The van der Waals surface area contributed by atoms with Gasteiger partial charge in [0.2, 0.25) is 5.76 Å². The summed E-state index contributed by atoms with van der Waals surface area (Å²) >= 11 is 0. The van der Waals surface area contributed by atoms with Crippen LogP contribution < -0.4 is 5.32 Å². The first kappa shape index (κ1) is 13.1. The molecule has 1 heterocycles. The molecule has 0 fully saturated rings. The van der Waals surface area contributed by atoms with Gasteiger partial charge in [-0.05, 0) is 24.3 Å². The van der Waals surface area contributed by atoms with E-state index in [-0.39, 0.29) is 29.2 Å². The molecule has 0 unspecified atom stereocenters. The van der Waals surface area contributed by atoms with Crippen molar-refractivity contribution in [2.45, 2.75) is 6.54 Å². The fourth-order valence-corrected chi connectivity index (χ4v) is 1.62. The Morgan fingerprint density at radius 3 is 2.65 bits per heavy atom. The van der Waals surface area contributed by atoms with E-state index in [2.05, 4.69) is 5.32 Å². The monoisotopic (exact) mass is 268 g/mol. The summed E-state index contributed by atoms with van der Waals surface area (Å²) in [6.07, 6.45) is 0. The summed E-state index contributed by atoms with van der Waals surface area (Å²) in [5.41, 5.74) is 0.312. The van der Waals surface area contributed by atoms with Gasteiger partial charge in [0.05, 0.1) is 23.1 Å². The lowest BCUT2D eigenvalue weighted by atomic mass is 10.2. The first-order chi connectivity index (χ1) is 9.63. The van der Waals surface area contributed by atoms with Crippen molar-refractivity contribution in [2.24, 2.45) is 0 Å². The van der Waals surface area contributed by atoms with Crippen molar-refractivity contribution in [3.05, 3.63) is 57.5 Å². The molecule has 7 nitrogen and oxygen atoms in total. The smallest absolute Gasteiger partial charge is 0.293 e. The maximum absolute atomic E-state index is 10.9. The SMILES string of the molecule is N#Cc1ccc(NCc2ccc(C#N)o2)c([N+](=O)[O-])c1. The van der Waals surface area contributed by atoms with E-state index >= 15 is 0 Å². The first-order valence-corrected chi connectivity index (χ1v) is 5.55. The molecular formula is C13H8N4O3. The molecule has 0 aliphatic carbocycles. The maximum atomic E-state index is 10.9. The molecule has 20 heavy (non-hydrogen) atoms. The van der Waals surface area contributed by atoms with E-state index in [4.69, 9.17) is 14.9 Å². The average molecular weight is 268 g/mol. The number of nitro benzene ring substituents is 1. The van der Waals surface area contributed by atoms with Crippen molar-refractivity contribution in [1.29, 1.82) is 10.5 Å². The van der Waals surface area contributed by atoms with E-state index in [1.807, 2.05) is 12.1 Å². The number of nitrogens with one attached hydrogen (secondary N) is 1. The predicted octanol–water partition coefficient (Wildman–Crippen LogP) is 2.54. The van der Waals surface area contributed by atoms with Gasteiger partial charge in [-0.2, -0.15) is 10.5 Å². The Morgan fingerprint density at radius 1 is 1.25 bits per heavy atom. The summed E-state index contributed by atoms with van der Waals surface area (Å²) < 4.78 is 5.15. The standard InChI is InChI=1S/C13H8N4O3/c14-6-9-1-4-12(13(5-9)17(18)19)16-8-11-3-2-10(7-15)20-11/h1-5,16H,8H2. The number of nitro groups is 1. The molecule has 0 saturated carbocycles. The van der Waals surface area contributed by atoms with Crippen molar-refractivity contribution >= 4 is 11.4 Å². The van der Waals surface area contributed by atoms with Crippen LogP contribution in [0.2, 0.25) is 0 Å². The molecule has 2 aromatic rings. The predicted molar refractivity (Wildman–Crippen MR) is 68.6 cm³/mol. The van der Waals surface area contributed by atoms with Gasteiger partial charge in [0.1, 0.15) is 17.5 Å². The van der Waals surface area contributed by atoms with E-state index in [0.29, 0.717) is 5.76 Å². The number of furan rings is 1. The topological polar surface area (TPSA) is 116 Å². The van der Waals surface area contributed by atoms with Crippen LogP contribution >= 0.6 is 0 Å². The van der Waals surface area contributed by atoms with Gasteiger partial charge < -0.3 is 9.73 Å². The molecule has 98 valence electrons. The summed E-state index contributed by atoms with van der Waals surface area (Å²) in [6, 6.07) is 11.0. The average Bonchev–Trinajstić information content (AvgIpc) is 2.92. The lowest BCUT2D eigenvalue weighted by Crippen LogP contribution is -2.02. The lowest BCUT2D eigenvalue weighted by Gasteiger charge is -2.05. The zero-order valence-electron chi connectivity index (χ0n) is 10.2. The fraction of sp³-hybridized carbons (Fsp3) is 0.0769. The van der Waals surface area contributed by atoms with E-state index in [9.17, 15) is 10.1 Å². The summed E-state index contributed by atoms with van der Waals surface area (Å²) in [7, 11) is 0. The van der Waals surface area contributed by atoms with Gasteiger partial charge in [-0.3, -0.25) is 10.1 Å². The molecule has 2 rings (SSSR count). The van der Waals surface area contributed by atoms with Crippen LogP contribution in [0.5, 0.6) is 0 Å². The Hall–Kier alpha value is -3.32. The first-order valence-electron chi connectivity index (χ1n) is 5.55. The van der Waals surface area contributed by atoms with Gasteiger partial charge in [-0.15, -0.1) is 0 Å². The molecule has 0 atom stereocenters. The normalized spacial score (nSPS) is 9.50. The van der Waals surface area contributed by atoms with Crippen LogP contribution in [0.1, 0.15) is 17.1 Å². The Labute approximate surface area is 113 Å². The highest BCUT2D eigenvalue weighted by Gasteiger charge is 2.14. The number of nitriles is 2. The van der Waals surface area contributed by atoms with E-state index < -0.39 is 4.92 Å². The number of hydrogen-bond donors (Lipinski definition) is 1. The summed E-state index contributed by atoms with van der Waals surface area (Å²) in [5.74, 6) is 0.663. The molecule has 0 saturated heterocycles. The van der Waals surface area contributed by atoms with Crippen molar-refractivity contribution < 1.29 is 9.34 Å². The second-order valence-electron chi connectivity index (χ2n) is 3.83. The van der Waals surface area contributed by atoms with Crippen molar-refractivity contribution in [2.75, 3.05) is 5.32 Å². The Morgan fingerprint density at radius 2 is 2.05 bits per heavy atom. The minimum absolute atomic E-state index is 0.177. The van der Waals surface area contributed by atoms with Gasteiger partial charge in [-0.25, -0.2) is 0 Å². The quantitative estimate of drug-likeness (QED) is 0.672. The van der Waals surface area contributed by atoms with Crippen LogP contribution in [0.15, 0.2) is 34.7 Å². The molecule has 0 bridgehead atoms. The molecule has 0 amide bonds. The van der Waals surface area contributed by atoms with E-state index in [0.717, 1.165) is 0 Å². The second kappa shape index (κ2) is 5.55. The van der Waals surface area contributed by atoms with Crippen LogP contribution in [0.3, 0.4) is 0 Å². The summed E-state index contributed by atoms with van der Waals surface area (Å²) in [4.78, 5) is 10.4. The number of benzene rings is 1. The fourth-order valence-electron chi connectivity index (χ4n) is 1.62. The van der Waals surface area contributed by atoms with Crippen LogP contribution in [0.4, 0.5) is 11.4 Å². The molecule has 0 spiro atoms. The minimum atomic E-state index is -0.563. The number of hydrogen-bond acceptors (Lipinski definition) is 6. The van der Waals surface area contributed by atoms with Gasteiger partial charge in [0.15, 0.2) is 0 Å². The third kappa shape index (κ3) is 2.74. The Kier molecular flexibility index (Phi) is 3.64.